The molecule has 1 N–H and O–H groups in total. The number of aromatic nitrogens is 4. The van der Waals surface area contributed by atoms with Crippen LogP contribution in [0.5, 0.6) is 17.2 Å². The molecule has 1 aliphatic rings. The second-order valence-electron chi connectivity index (χ2n) is 14.8. The van der Waals surface area contributed by atoms with Gasteiger partial charge in [-0.3, -0.25) is 4.79 Å². The Morgan fingerprint density at radius 2 is 1.59 bits per heavy atom. The second kappa shape index (κ2) is 16.2. The fourth-order valence-electron chi connectivity index (χ4n) is 8.49. The average molecular weight is 829 g/mol. The third kappa shape index (κ3) is 7.01. The summed E-state index contributed by atoms with van der Waals surface area (Å²) in [7, 11) is 4.76. The van der Waals surface area contributed by atoms with Gasteiger partial charge in [0.15, 0.2) is 11.5 Å². The minimum atomic E-state index is -1.12. The van der Waals surface area contributed by atoms with Crippen LogP contribution in [0, 0.1) is 34.6 Å². The molecule has 1 amide bonds. The maximum absolute atomic E-state index is 15.4. The first-order valence-electron chi connectivity index (χ1n) is 19.1. The number of aromatic carboxylic acids is 1. The van der Waals surface area contributed by atoms with Gasteiger partial charge in [0.2, 0.25) is 0 Å². The number of rotatable bonds is 13. The zero-order chi connectivity index (χ0) is 41.7. The molecule has 0 fully saturated rings. The molecule has 58 heavy (non-hydrogen) atoms. The van der Waals surface area contributed by atoms with Crippen molar-refractivity contribution < 1.29 is 33.6 Å². The summed E-state index contributed by atoms with van der Waals surface area (Å²) in [5.74, 6) is 0.747. The summed E-state index contributed by atoms with van der Waals surface area (Å²) >= 11 is 13.6. The van der Waals surface area contributed by atoms with E-state index in [1.54, 1.807) is 35.8 Å². The van der Waals surface area contributed by atoms with Crippen molar-refractivity contribution in [2.75, 3.05) is 45.5 Å². The fraction of sp³-hybridized carbons (Fsp3) is 0.364. The lowest BCUT2D eigenvalue weighted by Gasteiger charge is -2.35. The van der Waals surface area contributed by atoms with Crippen LogP contribution in [-0.4, -0.2) is 76.7 Å². The standard InChI is InChI=1S/C44H47Cl2N5O7/c1-22-17-28(18-23(2)38(22)46)57-14-10-11-29-30-12-13-32(45)37(36-25(4)47-27(6)48-26(36)5)40(30)51-24(3)21-50(43(52)41(29)51)33-20-35(58-16-15-55-8)42(56-9)31-19-34(44(53)54)49(7)39(31)33/h12-13,17-20,24H,10-11,14-16,21H2,1-9H3,(H,53,54)/t24-/m1/s1. The number of carboxylic acids is 1. The molecule has 304 valence electrons. The molecule has 7 rings (SSSR count). The summed E-state index contributed by atoms with van der Waals surface area (Å²) in [6, 6.07) is 10.8. The van der Waals surface area contributed by atoms with E-state index in [1.165, 1.54) is 7.11 Å². The number of aryl methyl sites for hydroxylation is 7. The molecule has 3 aromatic carbocycles. The van der Waals surface area contributed by atoms with E-state index in [0.717, 1.165) is 55.9 Å². The molecule has 0 radical (unpaired) electrons. The highest BCUT2D eigenvalue weighted by Crippen LogP contribution is 2.48. The van der Waals surface area contributed by atoms with Gasteiger partial charge < -0.3 is 38.1 Å². The molecule has 0 spiro atoms. The molecule has 0 saturated carbocycles. The number of nitrogens with zero attached hydrogens (tertiary/aromatic N) is 5. The number of ether oxygens (including phenoxy) is 4. The van der Waals surface area contributed by atoms with E-state index in [4.69, 9.17) is 52.1 Å². The Kier molecular flexibility index (Phi) is 11.4. The number of carbonyl (C=O) groups is 2. The molecule has 14 heteroatoms. The number of amides is 1. The van der Waals surface area contributed by atoms with E-state index in [9.17, 15) is 9.90 Å². The van der Waals surface area contributed by atoms with Gasteiger partial charge in [-0.05, 0) is 95.3 Å². The highest BCUT2D eigenvalue weighted by Gasteiger charge is 2.38. The van der Waals surface area contributed by atoms with Crippen LogP contribution in [0.25, 0.3) is 32.9 Å². The summed E-state index contributed by atoms with van der Waals surface area (Å²) in [6.07, 6.45) is 1.11. The second-order valence-corrected chi connectivity index (χ2v) is 15.6. The van der Waals surface area contributed by atoms with Gasteiger partial charge in [0, 0.05) is 71.1 Å². The fourth-order valence-corrected chi connectivity index (χ4v) is 8.84. The number of halogens is 2. The molecular weight excluding hydrogens is 781 g/mol. The smallest absolute Gasteiger partial charge is 0.352 e. The molecule has 1 aliphatic heterocycles. The van der Waals surface area contributed by atoms with Crippen molar-refractivity contribution in [2.24, 2.45) is 7.05 Å². The first-order valence-corrected chi connectivity index (χ1v) is 19.9. The minimum Gasteiger partial charge on any atom is -0.494 e. The van der Waals surface area contributed by atoms with E-state index in [1.807, 2.05) is 58.9 Å². The lowest BCUT2D eigenvalue weighted by Crippen LogP contribution is -2.43. The van der Waals surface area contributed by atoms with Crippen molar-refractivity contribution in [1.82, 2.24) is 19.1 Å². The number of benzene rings is 3. The maximum Gasteiger partial charge on any atom is 0.352 e. The first kappa shape index (κ1) is 40.9. The number of fused-ring (bicyclic) bond motifs is 4. The number of methoxy groups -OCH3 is 2. The van der Waals surface area contributed by atoms with Crippen LogP contribution in [0.4, 0.5) is 5.69 Å². The van der Waals surface area contributed by atoms with Crippen LogP contribution in [0.1, 0.15) is 74.3 Å². The Morgan fingerprint density at radius 1 is 0.897 bits per heavy atom. The predicted molar refractivity (Wildman–Crippen MR) is 227 cm³/mol. The predicted octanol–water partition coefficient (Wildman–Crippen LogP) is 9.40. The Bertz CT molecular complexity index is 2590. The zero-order valence-corrected chi connectivity index (χ0v) is 35.7. The van der Waals surface area contributed by atoms with E-state index in [2.05, 4.69) is 11.5 Å². The zero-order valence-electron chi connectivity index (χ0n) is 34.2. The molecule has 4 heterocycles. The first-order chi connectivity index (χ1) is 27.7. The highest BCUT2D eigenvalue weighted by atomic mass is 35.5. The third-order valence-corrected chi connectivity index (χ3v) is 11.8. The Hall–Kier alpha value is -5.30. The Balaban J connectivity index is 1.42. The van der Waals surface area contributed by atoms with Crippen LogP contribution >= 0.6 is 23.2 Å². The number of hydrogen-bond acceptors (Lipinski definition) is 8. The number of carboxylic acid groups (broad SMARTS) is 1. The third-order valence-electron chi connectivity index (χ3n) is 10.9. The van der Waals surface area contributed by atoms with Gasteiger partial charge >= 0.3 is 5.97 Å². The summed E-state index contributed by atoms with van der Waals surface area (Å²) in [6.45, 7) is 12.9. The van der Waals surface area contributed by atoms with Gasteiger partial charge in [0.25, 0.3) is 5.91 Å². The van der Waals surface area contributed by atoms with E-state index < -0.39 is 5.97 Å². The van der Waals surface area contributed by atoms with Crippen LogP contribution in [0.15, 0.2) is 36.4 Å². The molecule has 12 nitrogen and oxygen atoms in total. The number of hydrogen-bond donors (Lipinski definition) is 1. The molecular formula is C44H47Cl2N5O7. The molecule has 3 aromatic heterocycles. The summed E-state index contributed by atoms with van der Waals surface area (Å²) in [5, 5.41) is 12.8. The SMILES string of the molecule is COCCOc1cc(N2C[C@@H](C)n3c(c(CCCOc4cc(C)c(Cl)c(C)c4)c4ccc(Cl)c(-c5c(C)nc(C)nc5C)c43)C2=O)c2c(cc(C(=O)O)n2C)c1OC. The van der Waals surface area contributed by atoms with E-state index in [0.29, 0.717) is 75.7 Å². The van der Waals surface area contributed by atoms with Gasteiger partial charge in [-0.15, -0.1) is 0 Å². The quantitative estimate of drug-likeness (QED) is 0.113. The summed E-state index contributed by atoms with van der Waals surface area (Å²) in [4.78, 5) is 39.1. The van der Waals surface area contributed by atoms with Crippen LogP contribution < -0.4 is 19.1 Å². The average Bonchev–Trinajstić information content (AvgIpc) is 3.69. The van der Waals surface area contributed by atoms with E-state index >= 15 is 4.79 Å². The van der Waals surface area contributed by atoms with Gasteiger partial charge in [-0.25, -0.2) is 14.8 Å². The summed E-state index contributed by atoms with van der Waals surface area (Å²) < 4.78 is 27.2. The van der Waals surface area contributed by atoms with Gasteiger partial charge in [-0.1, -0.05) is 29.3 Å². The van der Waals surface area contributed by atoms with Gasteiger partial charge in [0.05, 0.1) is 42.1 Å². The van der Waals surface area contributed by atoms with Gasteiger partial charge in [0.1, 0.15) is 29.6 Å². The normalized spacial score (nSPS) is 14.1. The maximum atomic E-state index is 15.4. The van der Waals surface area contributed by atoms with Crippen molar-refractivity contribution in [2.45, 2.75) is 60.4 Å². The van der Waals surface area contributed by atoms with Crippen molar-refractivity contribution in [3.05, 3.63) is 91.7 Å². The highest BCUT2D eigenvalue weighted by molar-refractivity contribution is 6.35. The molecule has 0 aliphatic carbocycles. The number of carbonyl (C=O) groups excluding carboxylic acids is 1. The Labute approximate surface area is 347 Å². The molecule has 0 bridgehead atoms. The molecule has 1 atom stereocenters. The Morgan fingerprint density at radius 3 is 2.22 bits per heavy atom. The van der Waals surface area contributed by atoms with Gasteiger partial charge in [-0.2, -0.15) is 0 Å². The lowest BCUT2D eigenvalue weighted by molar-refractivity contribution is 0.0687. The van der Waals surface area contributed by atoms with Crippen LogP contribution in [0.3, 0.4) is 0 Å². The van der Waals surface area contributed by atoms with Crippen molar-refractivity contribution in [1.29, 1.82) is 0 Å². The molecule has 0 unspecified atom stereocenters. The van der Waals surface area contributed by atoms with Crippen molar-refractivity contribution >= 4 is 62.6 Å². The molecule has 0 saturated heterocycles. The van der Waals surface area contributed by atoms with E-state index in [-0.39, 0.29) is 30.8 Å². The van der Waals surface area contributed by atoms with Crippen molar-refractivity contribution in [3.63, 3.8) is 0 Å². The summed E-state index contributed by atoms with van der Waals surface area (Å²) in [5.41, 5.74) is 8.29. The lowest BCUT2D eigenvalue weighted by atomic mass is 9.97. The topological polar surface area (TPSA) is 130 Å². The number of anilines is 1. The monoisotopic (exact) mass is 827 g/mol. The largest absolute Gasteiger partial charge is 0.494 e. The molecule has 6 aromatic rings. The van der Waals surface area contributed by atoms with Crippen LogP contribution in [0.2, 0.25) is 10.0 Å². The van der Waals surface area contributed by atoms with Crippen LogP contribution in [-0.2, 0) is 18.2 Å². The minimum absolute atomic E-state index is 0.0346. The van der Waals surface area contributed by atoms with Crippen molar-refractivity contribution in [3.8, 4) is 28.4 Å².